The lowest BCUT2D eigenvalue weighted by atomic mass is 9.89. The first-order valence-electron chi connectivity index (χ1n) is 14.6. The van der Waals surface area contributed by atoms with Gasteiger partial charge in [0, 0.05) is 45.1 Å². The quantitative estimate of drug-likeness (QED) is 0.216. The zero-order valence-electron chi connectivity index (χ0n) is 24.9. The molecule has 1 amide bonds. The van der Waals surface area contributed by atoms with Crippen molar-refractivity contribution in [2.75, 3.05) is 53.7 Å². The van der Waals surface area contributed by atoms with E-state index in [1.54, 1.807) is 26.6 Å². The van der Waals surface area contributed by atoms with Gasteiger partial charge in [0.05, 0.1) is 33.4 Å². The number of morpholine rings is 1. The summed E-state index contributed by atoms with van der Waals surface area (Å²) in [6.45, 7) is 5.31. The third-order valence-corrected chi connectivity index (χ3v) is 7.60. The molecule has 0 N–H and O–H groups in total. The van der Waals surface area contributed by atoms with Crippen molar-refractivity contribution < 1.29 is 23.7 Å². The van der Waals surface area contributed by atoms with Gasteiger partial charge in [0.25, 0.3) is 0 Å². The fraction of sp³-hybridized carbons (Fsp3) is 0.314. The fourth-order valence-electron chi connectivity index (χ4n) is 5.36. The molecule has 1 fully saturated rings. The van der Waals surface area contributed by atoms with Crippen molar-refractivity contribution in [3.8, 4) is 17.2 Å². The highest BCUT2D eigenvalue weighted by molar-refractivity contribution is 5.87. The number of pyridine rings is 1. The lowest BCUT2D eigenvalue weighted by Gasteiger charge is -2.29. The molecule has 224 valence electrons. The Kier molecular flexibility index (Phi) is 10.6. The van der Waals surface area contributed by atoms with Crippen LogP contribution in [0.3, 0.4) is 0 Å². The van der Waals surface area contributed by atoms with E-state index < -0.39 is 5.92 Å². The highest BCUT2D eigenvalue weighted by Crippen LogP contribution is 2.39. The largest absolute Gasteiger partial charge is 0.493 e. The van der Waals surface area contributed by atoms with Gasteiger partial charge in [0.1, 0.15) is 6.61 Å². The molecule has 8 nitrogen and oxygen atoms in total. The Morgan fingerprint density at radius 3 is 1.95 bits per heavy atom. The van der Waals surface area contributed by atoms with Crippen molar-refractivity contribution >= 4 is 5.91 Å². The minimum absolute atomic E-state index is 0.00187. The molecule has 1 aliphatic rings. The van der Waals surface area contributed by atoms with Gasteiger partial charge in [-0.3, -0.25) is 14.7 Å². The van der Waals surface area contributed by atoms with E-state index in [0.29, 0.717) is 36.9 Å². The number of benzene rings is 3. The Morgan fingerprint density at radius 2 is 1.40 bits per heavy atom. The Morgan fingerprint density at radius 1 is 0.837 bits per heavy atom. The van der Waals surface area contributed by atoms with Crippen LogP contribution in [0, 0.1) is 0 Å². The minimum atomic E-state index is -0.462. The van der Waals surface area contributed by atoms with Crippen LogP contribution in [-0.4, -0.2) is 74.4 Å². The summed E-state index contributed by atoms with van der Waals surface area (Å²) in [5.74, 6) is 1.22. The lowest BCUT2D eigenvalue weighted by Crippen LogP contribution is -2.38. The van der Waals surface area contributed by atoms with Crippen molar-refractivity contribution in [1.29, 1.82) is 0 Å². The molecule has 2 heterocycles. The molecular weight excluding hydrogens is 542 g/mol. The molecule has 3 aromatic carbocycles. The topological polar surface area (TPSA) is 73.4 Å². The molecule has 0 spiro atoms. The van der Waals surface area contributed by atoms with Crippen LogP contribution in [0.25, 0.3) is 0 Å². The number of nitrogens with zero attached hydrogens (tertiary/aromatic N) is 3. The standard InChI is InChI=1S/C35H39N3O5/c1-40-31-23-28(24-32(41-2)34(31)43-22-19-37-17-20-42-21-18-37)26-38(25-27-13-15-36-16-14-27)35(39)33(29-9-5-3-6-10-29)30-11-7-4-8-12-30/h3-16,23-24,33H,17-22,25-26H2,1-2H3. The summed E-state index contributed by atoms with van der Waals surface area (Å²) < 4.78 is 23.2. The maximum absolute atomic E-state index is 14.5. The zero-order valence-corrected chi connectivity index (χ0v) is 24.9. The lowest BCUT2D eigenvalue weighted by molar-refractivity contribution is -0.133. The third-order valence-electron chi connectivity index (χ3n) is 7.60. The normalized spacial score (nSPS) is 13.5. The number of methoxy groups -OCH3 is 2. The van der Waals surface area contributed by atoms with Gasteiger partial charge in [-0.15, -0.1) is 0 Å². The molecular formula is C35H39N3O5. The molecule has 43 heavy (non-hydrogen) atoms. The number of rotatable bonds is 13. The molecule has 0 saturated carbocycles. The fourth-order valence-corrected chi connectivity index (χ4v) is 5.36. The van der Waals surface area contributed by atoms with Crippen molar-refractivity contribution in [1.82, 2.24) is 14.8 Å². The number of hydrogen-bond donors (Lipinski definition) is 0. The Balaban J connectivity index is 1.44. The summed E-state index contributed by atoms with van der Waals surface area (Å²) in [6, 6.07) is 27.6. The molecule has 1 saturated heterocycles. The Bertz CT molecular complexity index is 1370. The molecule has 5 rings (SSSR count). The predicted molar refractivity (Wildman–Crippen MR) is 166 cm³/mol. The van der Waals surface area contributed by atoms with Crippen molar-refractivity contribution in [3.63, 3.8) is 0 Å². The summed E-state index contributed by atoms with van der Waals surface area (Å²) in [6.07, 6.45) is 3.50. The van der Waals surface area contributed by atoms with E-state index in [0.717, 1.165) is 55.1 Å². The number of carbonyl (C=O) groups is 1. The van der Waals surface area contributed by atoms with E-state index in [9.17, 15) is 4.79 Å². The first-order chi connectivity index (χ1) is 21.2. The number of aromatic nitrogens is 1. The van der Waals surface area contributed by atoms with Gasteiger partial charge in [0.15, 0.2) is 11.5 Å². The first kappa shape index (κ1) is 30.1. The second-order valence-electron chi connectivity index (χ2n) is 10.4. The van der Waals surface area contributed by atoms with Crippen LogP contribution in [0.5, 0.6) is 17.2 Å². The molecule has 0 unspecified atom stereocenters. The van der Waals surface area contributed by atoms with Crippen molar-refractivity contribution in [2.24, 2.45) is 0 Å². The van der Waals surface area contributed by atoms with Crippen LogP contribution in [0.4, 0.5) is 0 Å². The van der Waals surface area contributed by atoms with Gasteiger partial charge < -0.3 is 23.8 Å². The van der Waals surface area contributed by atoms with Gasteiger partial charge >= 0.3 is 0 Å². The van der Waals surface area contributed by atoms with Gasteiger partial charge in [0.2, 0.25) is 11.7 Å². The van der Waals surface area contributed by atoms with Crippen LogP contribution in [0.2, 0.25) is 0 Å². The maximum atomic E-state index is 14.5. The predicted octanol–water partition coefficient (Wildman–Crippen LogP) is 5.17. The van der Waals surface area contributed by atoms with Crippen molar-refractivity contribution in [2.45, 2.75) is 19.0 Å². The molecule has 0 bridgehead atoms. The Hall–Kier alpha value is -4.40. The van der Waals surface area contributed by atoms with Crippen LogP contribution < -0.4 is 14.2 Å². The monoisotopic (exact) mass is 581 g/mol. The SMILES string of the molecule is COc1cc(CN(Cc2ccncc2)C(=O)C(c2ccccc2)c2ccccc2)cc(OC)c1OCCN1CCOCC1. The number of ether oxygens (including phenoxy) is 4. The van der Waals surface area contributed by atoms with E-state index in [4.69, 9.17) is 18.9 Å². The average Bonchev–Trinajstić information content (AvgIpc) is 3.06. The third kappa shape index (κ3) is 7.91. The summed E-state index contributed by atoms with van der Waals surface area (Å²) in [5, 5.41) is 0. The van der Waals surface area contributed by atoms with E-state index in [1.807, 2.05) is 89.8 Å². The van der Waals surface area contributed by atoms with E-state index in [2.05, 4.69) is 9.88 Å². The number of carbonyl (C=O) groups excluding carboxylic acids is 1. The molecule has 0 aliphatic carbocycles. The molecule has 4 aromatic rings. The molecule has 0 radical (unpaired) electrons. The second-order valence-corrected chi connectivity index (χ2v) is 10.4. The molecule has 1 aliphatic heterocycles. The summed E-state index contributed by atoms with van der Waals surface area (Å²) >= 11 is 0. The summed E-state index contributed by atoms with van der Waals surface area (Å²) in [7, 11) is 3.24. The highest BCUT2D eigenvalue weighted by Gasteiger charge is 2.28. The summed E-state index contributed by atoms with van der Waals surface area (Å²) in [4.78, 5) is 22.9. The highest BCUT2D eigenvalue weighted by atomic mass is 16.5. The minimum Gasteiger partial charge on any atom is -0.493 e. The van der Waals surface area contributed by atoms with Gasteiger partial charge in [-0.05, 0) is 46.5 Å². The molecule has 8 heteroatoms. The van der Waals surface area contributed by atoms with Crippen molar-refractivity contribution in [3.05, 3.63) is 120 Å². The number of amides is 1. The smallest absolute Gasteiger partial charge is 0.235 e. The van der Waals surface area contributed by atoms with E-state index >= 15 is 0 Å². The first-order valence-corrected chi connectivity index (χ1v) is 14.6. The number of hydrogen-bond acceptors (Lipinski definition) is 7. The van der Waals surface area contributed by atoms with Crippen LogP contribution >= 0.6 is 0 Å². The molecule has 1 aromatic heterocycles. The zero-order chi connectivity index (χ0) is 29.9. The Labute approximate surface area is 253 Å². The van der Waals surface area contributed by atoms with E-state index in [-0.39, 0.29) is 5.91 Å². The summed E-state index contributed by atoms with van der Waals surface area (Å²) in [5.41, 5.74) is 3.75. The molecule has 0 atom stereocenters. The van der Waals surface area contributed by atoms with E-state index in [1.165, 1.54) is 0 Å². The van der Waals surface area contributed by atoms with Crippen LogP contribution in [-0.2, 0) is 22.6 Å². The maximum Gasteiger partial charge on any atom is 0.235 e. The van der Waals surface area contributed by atoms with Gasteiger partial charge in [-0.2, -0.15) is 0 Å². The van der Waals surface area contributed by atoms with Crippen LogP contribution in [0.1, 0.15) is 28.2 Å². The second kappa shape index (κ2) is 15.2. The van der Waals surface area contributed by atoms with Crippen LogP contribution in [0.15, 0.2) is 97.3 Å². The average molecular weight is 582 g/mol. The van der Waals surface area contributed by atoms with Gasteiger partial charge in [-0.25, -0.2) is 0 Å². The van der Waals surface area contributed by atoms with Gasteiger partial charge in [-0.1, -0.05) is 60.7 Å².